The maximum absolute atomic E-state index is 12.1. The van der Waals surface area contributed by atoms with Crippen LogP contribution in [0.4, 0.5) is 0 Å². The maximum Gasteiger partial charge on any atom is 0.345 e. The Kier molecular flexibility index (Phi) is 4.52. The van der Waals surface area contributed by atoms with Crippen LogP contribution in [0.3, 0.4) is 0 Å². The van der Waals surface area contributed by atoms with Gasteiger partial charge in [-0.3, -0.25) is 9.78 Å². The van der Waals surface area contributed by atoms with Crippen molar-refractivity contribution < 1.29 is 9.21 Å². The summed E-state index contributed by atoms with van der Waals surface area (Å²) in [5, 5.41) is 4.74. The topological polar surface area (TPSA) is 84.6 Å². The van der Waals surface area contributed by atoms with Crippen molar-refractivity contribution in [1.82, 2.24) is 10.4 Å². The first kappa shape index (κ1) is 16.1. The summed E-state index contributed by atoms with van der Waals surface area (Å²) < 4.78 is 6.15. The van der Waals surface area contributed by atoms with Gasteiger partial charge < -0.3 is 4.42 Å². The highest BCUT2D eigenvalue weighted by molar-refractivity contribution is 9.10. The molecule has 2 aromatic heterocycles. The lowest BCUT2D eigenvalue weighted by Gasteiger charge is -2.04. The summed E-state index contributed by atoms with van der Waals surface area (Å²) in [6.07, 6.45) is 3.03. The fraction of sp³-hybridized carbons (Fsp3) is 0.0588. The van der Waals surface area contributed by atoms with Crippen molar-refractivity contribution >= 4 is 38.5 Å². The molecule has 2 heterocycles. The van der Waals surface area contributed by atoms with Gasteiger partial charge in [0.2, 0.25) is 0 Å². The fourth-order valence-corrected chi connectivity index (χ4v) is 2.49. The van der Waals surface area contributed by atoms with E-state index in [1.54, 1.807) is 37.3 Å². The molecule has 0 aliphatic rings. The largest absolute Gasteiger partial charge is 0.422 e. The van der Waals surface area contributed by atoms with Crippen LogP contribution in [0.25, 0.3) is 11.0 Å². The molecule has 0 saturated carbocycles. The van der Waals surface area contributed by atoms with Gasteiger partial charge in [-0.05, 0) is 43.3 Å². The molecule has 0 spiro atoms. The van der Waals surface area contributed by atoms with Crippen LogP contribution in [0.1, 0.15) is 22.8 Å². The molecule has 0 unspecified atom stereocenters. The molecule has 0 aliphatic heterocycles. The molecule has 6 nitrogen and oxygen atoms in total. The Morgan fingerprint density at radius 1 is 1.21 bits per heavy atom. The molecule has 24 heavy (non-hydrogen) atoms. The zero-order valence-corrected chi connectivity index (χ0v) is 14.2. The number of carbonyl (C=O) groups is 1. The third-order valence-electron chi connectivity index (χ3n) is 3.35. The Balaban J connectivity index is 1.90. The minimum absolute atomic E-state index is 0.288. The third-order valence-corrected chi connectivity index (χ3v) is 3.84. The number of fused-ring (bicyclic) bond motifs is 1. The van der Waals surface area contributed by atoms with Gasteiger partial charge in [-0.15, -0.1) is 0 Å². The van der Waals surface area contributed by atoms with E-state index in [9.17, 15) is 9.59 Å². The number of pyridine rings is 1. The number of rotatable bonds is 3. The van der Waals surface area contributed by atoms with Crippen molar-refractivity contribution in [2.45, 2.75) is 6.92 Å². The van der Waals surface area contributed by atoms with Gasteiger partial charge in [-0.2, -0.15) is 5.10 Å². The van der Waals surface area contributed by atoms with E-state index in [4.69, 9.17) is 4.42 Å². The van der Waals surface area contributed by atoms with Crippen molar-refractivity contribution in [1.29, 1.82) is 0 Å². The smallest absolute Gasteiger partial charge is 0.345 e. The Labute approximate surface area is 145 Å². The van der Waals surface area contributed by atoms with Crippen LogP contribution in [-0.4, -0.2) is 16.6 Å². The zero-order chi connectivity index (χ0) is 17.1. The zero-order valence-electron chi connectivity index (χ0n) is 12.6. The van der Waals surface area contributed by atoms with Crippen LogP contribution in [0.2, 0.25) is 0 Å². The Morgan fingerprint density at radius 2 is 1.96 bits per heavy atom. The van der Waals surface area contributed by atoms with E-state index < -0.39 is 5.63 Å². The van der Waals surface area contributed by atoms with Crippen molar-refractivity contribution in [3.05, 3.63) is 74.8 Å². The van der Waals surface area contributed by atoms with Gasteiger partial charge in [-0.1, -0.05) is 15.9 Å². The van der Waals surface area contributed by atoms with Crippen LogP contribution < -0.4 is 11.1 Å². The first-order valence-corrected chi connectivity index (χ1v) is 7.82. The van der Waals surface area contributed by atoms with E-state index >= 15 is 0 Å². The SMILES string of the molecule is C/C(=N\NC(=O)c1ccncc1)c1cc2cc(Br)ccc2oc1=O. The summed E-state index contributed by atoms with van der Waals surface area (Å²) in [6.45, 7) is 1.63. The number of hydrogen-bond donors (Lipinski definition) is 1. The van der Waals surface area contributed by atoms with Crippen molar-refractivity contribution in [3.8, 4) is 0 Å². The molecule has 0 aliphatic carbocycles. The number of nitrogens with zero attached hydrogens (tertiary/aromatic N) is 2. The third kappa shape index (κ3) is 3.41. The maximum atomic E-state index is 12.1. The van der Waals surface area contributed by atoms with E-state index in [0.717, 1.165) is 9.86 Å². The molecule has 3 rings (SSSR count). The molecule has 1 N–H and O–H groups in total. The predicted molar refractivity (Wildman–Crippen MR) is 94.1 cm³/mol. The number of hydrazone groups is 1. The molecule has 3 aromatic rings. The molecule has 7 heteroatoms. The van der Waals surface area contributed by atoms with Crippen molar-refractivity contribution in [2.24, 2.45) is 5.10 Å². The normalized spacial score (nSPS) is 11.5. The van der Waals surface area contributed by atoms with Crippen molar-refractivity contribution in [3.63, 3.8) is 0 Å². The summed E-state index contributed by atoms with van der Waals surface area (Å²) in [6, 6.07) is 10.2. The van der Waals surface area contributed by atoms with Gasteiger partial charge in [0.25, 0.3) is 5.91 Å². The van der Waals surface area contributed by atoms with Gasteiger partial charge in [-0.25, -0.2) is 10.2 Å². The number of amides is 1. The molecular weight excluding hydrogens is 374 g/mol. The number of benzene rings is 1. The average molecular weight is 386 g/mol. The molecule has 0 saturated heterocycles. The standard InChI is InChI=1S/C17H12BrN3O3/c1-10(20-21-16(22)11-4-6-19-7-5-11)14-9-12-8-13(18)2-3-15(12)24-17(14)23/h2-9H,1H3,(H,21,22)/b20-10+. The van der Waals surface area contributed by atoms with Crippen LogP contribution >= 0.6 is 15.9 Å². The summed E-state index contributed by atoms with van der Waals surface area (Å²) in [7, 11) is 0. The Bertz CT molecular complexity index is 997. The van der Waals surface area contributed by atoms with E-state index in [2.05, 4.69) is 31.4 Å². The molecule has 0 atom stereocenters. The minimum Gasteiger partial charge on any atom is -0.422 e. The monoisotopic (exact) mass is 385 g/mol. The van der Waals surface area contributed by atoms with Gasteiger partial charge in [0.1, 0.15) is 5.58 Å². The van der Waals surface area contributed by atoms with Crippen molar-refractivity contribution in [2.75, 3.05) is 0 Å². The van der Waals surface area contributed by atoms with E-state index in [0.29, 0.717) is 16.9 Å². The number of aromatic nitrogens is 1. The second-order valence-electron chi connectivity index (χ2n) is 5.00. The first-order chi connectivity index (χ1) is 11.5. The number of halogens is 1. The quantitative estimate of drug-likeness (QED) is 0.426. The number of hydrogen-bond acceptors (Lipinski definition) is 5. The lowest BCUT2D eigenvalue weighted by Crippen LogP contribution is -2.21. The summed E-state index contributed by atoms with van der Waals surface area (Å²) in [5.41, 5.74) is 3.46. The predicted octanol–water partition coefficient (Wildman–Crippen LogP) is 3.10. The van der Waals surface area contributed by atoms with Gasteiger partial charge in [0.05, 0.1) is 11.3 Å². The first-order valence-electron chi connectivity index (χ1n) is 7.03. The lowest BCUT2D eigenvalue weighted by atomic mass is 10.1. The molecule has 0 radical (unpaired) electrons. The van der Waals surface area contributed by atoms with E-state index in [1.165, 1.54) is 12.4 Å². The Hall–Kier alpha value is -2.80. The summed E-state index contributed by atoms with van der Waals surface area (Å²) in [4.78, 5) is 27.9. The molecular formula is C17H12BrN3O3. The highest BCUT2D eigenvalue weighted by Crippen LogP contribution is 2.19. The lowest BCUT2D eigenvalue weighted by molar-refractivity contribution is 0.0954. The number of nitrogens with one attached hydrogen (secondary N) is 1. The molecule has 0 fully saturated rings. The van der Waals surface area contributed by atoms with Gasteiger partial charge >= 0.3 is 5.63 Å². The minimum atomic E-state index is -0.510. The molecule has 120 valence electrons. The molecule has 0 bridgehead atoms. The van der Waals surface area contributed by atoms with E-state index in [1.807, 2.05) is 6.07 Å². The van der Waals surface area contributed by atoms with Crippen LogP contribution in [-0.2, 0) is 0 Å². The average Bonchev–Trinajstić information content (AvgIpc) is 2.60. The van der Waals surface area contributed by atoms with Crippen LogP contribution in [0, 0.1) is 0 Å². The van der Waals surface area contributed by atoms with E-state index in [-0.39, 0.29) is 11.5 Å². The molecule has 1 aromatic carbocycles. The highest BCUT2D eigenvalue weighted by atomic mass is 79.9. The summed E-state index contributed by atoms with van der Waals surface area (Å²) in [5.74, 6) is -0.385. The number of carbonyl (C=O) groups excluding carboxylic acids is 1. The summed E-state index contributed by atoms with van der Waals surface area (Å²) >= 11 is 3.38. The van der Waals surface area contributed by atoms with Crippen LogP contribution in [0.15, 0.2) is 67.6 Å². The Morgan fingerprint density at radius 3 is 2.71 bits per heavy atom. The second kappa shape index (κ2) is 6.76. The molecule has 1 amide bonds. The second-order valence-corrected chi connectivity index (χ2v) is 5.92. The van der Waals surface area contributed by atoms with Crippen LogP contribution in [0.5, 0.6) is 0 Å². The van der Waals surface area contributed by atoms with Gasteiger partial charge in [0.15, 0.2) is 0 Å². The highest BCUT2D eigenvalue weighted by Gasteiger charge is 2.10. The fourth-order valence-electron chi connectivity index (χ4n) is 2.11. The van der Waals surface area contributed by atoms with Gasteiger partial charge in [0, 0.05) is 27.8 Å².